The third kappa shape index (κ3) is 1.34. The van der Waals surface area contributed by atoms with E-state index in [1.54, 1.807) is 0 Å². The maximum Gasteiger partial charge on any atom is 0.00950 e. The second-order valence-electron chi connectivity index (χ2n) is 4.10. The Kier molecular flexibility index (Phi) is 2.04. The zero-order chi connectivity index (χ0) is 7.78. The van der Waals surface area contributed by atoms with E-state index >= 15 is 0 Å². The highest BCUT2D eigenvalue weighted by atomic mass is 14.9. The summed E-state index contributed by atoms with van der Waals surface area (Å²) in [6, 6.07) is 0.759. The van der Waals surface area contributed by atoms with Gasteiger partial charge in [0.2, 0.25) is 0 Å². The zero-order valence-electron chi connectivity index (χ0n) is 7.57. The Bertz CT molecular complexity index is 114. The third-order valence-corrected chi connectivity index (χ3v) is 2.89. The lowest BCUT2D eigenvalue weighted by Gasteiger charge is -2.14. The highest BCUT2D eigenvalue weighted by Crippen LogP contribution is 2.53. The molecule has 1 aliphatic rings. The molecular weight excluding hydrogens is 122 g/mol. The molecule has 1 rings (SSSR count). The molecule has 0 heterocycles. The number of hydrogen-bond donors (Lipinski definition) is 1. The van der Waals surface area contributed by atoms with Crippen molar-refractivity contribution < 1.29 is 0 Å². The molecule has 0 amide bonds. The van der Waals surface area contributed by atoms with Crippen molar-refractivity contribution in [1.29, 1.82) is 0 Å². The lowest BCUT2D eigenvalue weighted by molar-refractivity contribution is 0.419. The standard InChI is InChI=1S/C9H19N/c1-5-8(10-4)7-6-9(7,2)3/h7-8,10H,5-6H2,1-4H3. The molecule has 1 N–H and O–H groups in total. The first-order chi connectivity index (χ1) is 4.61. The van der Waals surface area contributed by atoms with Crippen LogP contribution in [0.1, 0.15) is 33.6 Å². The predicted octanol–water partition coefficient (Wildman–Crippen LogP) is 2.03. The molecule has 0 aromatic rings. The van der Waals surface area contributed by atoms with Crippen LogP contribution < -0.4 is 5.32 Å². The van der Waals surface area contributed by atoms with E-state index in [0.29, 0.717) is 5.41 Å². The van der Waals surface area contributed by atoms with Crippen LogP contribution in [-0.2, 0) is 0 Å². The summed E-state index contributed by atoms with van der Waals surface area (Å²) in [4.78, 5) is 0. The van der Waals surface area contributed by atoms with Gasteiger partial charge in [-0.2, -0.15) is 0 Å². The van der Waals surface area contributed by atoms with Gasteiger partial charge in [0, 0.05) is 6.04 Å². The molecule has 0 bridgehead atoms. The summed E-state index contributed by atoms with van der Waals surface area (Å²) in [5.41, 5.74) is 0.629. The molecule has 60 valence electrons. The fraction of sp³-hybridized carbons (Fsp3) is 1.00. The van der Waals surface area contributed by atoms with Crippen LogP contribution in [0.3, 0.4) is 0 Å². The Morgan fingerprint density at radius 3 is 2.20 bits per heavy atom. The maximum atomic E-state index is 3.37. The molecule has 2 atom stereocenters. The van der Waals surface area contributed by atoms with Crippen LogP contribution >= 0.6 is 0 Å². The van der Waals surface area contributed by atoms with E-state index in [0.717, 1.165) is 12.0 Å². The Morgan fingerprint density at radius 1 is 1.60 bits per heavy atom. The average molecular weight is 141 g/mol. The smallest absolute Gasteiger partial charge is 0.00950 e. The first-order valence-corrected chi connectivity index (χ1v) is 4.29. The predicted molar refractivity (Wildman–Crippen MR) is 45.0 cm³/mol. The van der Waals surface area contributed by atoms with Crippen LogP contribution in [-0.4, -0.2) is 13.1 Å². The van der Waals surface area contributed by atoms with Crippen molar-refractivity contribution in [3.05, 3.63) is 0 Å². The minimum absolute atomic E-state index is 0.629. The molecular formula is C9H19N. The SMILES string of the molecule is CCC(NC)C1CC1(C)C. The summed E-state index contributed by atoms with van der Waals surface area (Å²) in [7, 11) is 2.07. The van der Waals surface area contributed by atoms with Gasteiger partial charge in [-0.3, -0.25) is 0 Å². The molecule has 10 heavy (non-hydrogen) atoms. The van der Waals surface area contributed by atoms with Gasteiger partial charge in [-0.15, -0.1) is 0 Å². The highest BCUT2D eigenvalue weighted by Gasteiger charge is 2.48. The minimum Gasteiger partial charge on any atom is -0.317 e. The molecule has 0 saturated heterocycles. The highest BCUT2D eigenvalue weighted by molar-refractivity contribution is 5.00. The van der Waals surface area contributed by atoms with Crippen LogP contribution in [0.2, 0.25) is 0 Å². The first kappa shape index (κ1) is 8.06. The first-order valence-electron chi connectivity index (χ1n) is 4.29. The van der Waals surface area contributed by atoms with Gasteiger partial charge in [0.1, 0.15) is 0 Å². The fourth-order valence-corrected chi connectivity index (χ4v) is 1.88. The molecule has 0 aliphatic heterocycles. The molecule has 1 saturated carbocycles. The lowest BCUT2D eigenvalue weighted by atomic mass is 10.0. The average Bonchev–Trinajstić information content (AvgIpc) is 2.44. The Labute approximate surface area is 64.2 Å². The van der Waals surface area contributed by atoms with Crippen molar-refractivity contribution in [3.63, 3.8) is 0 Å². The number of hydrogen-bond acceptors (Lipinski definition) is 1. The van der Waals surface area contributed by atoms with Gasteiger partial charge in [-0.25, -0.2) is 0 Å². The van der Waals surface area contributed by atoms with Crippen molar-refractivity contribution >= 4 is 0 Å². The van der Waals surface area contributed by atoms with Crippen LogP contribution in [0.25, 0.3) is 0 Å². The van der Waals surface area contributed by atoms with Gasteiger partial charge < -0.3 is 5.32 Å². The van der Waals surface area contributed by atoms with Crippen molar-refractivity contribution in [2.45, 2.75) is 39.7 Å². The van der Waals surface area contributed by atoms with E-state index in [4.69, 9.17) is 0 Å². The molecule has 0 aromatic carbocycles. The second kappa shape index (κ2) is 2.54. The van der Waals surface area contributed by atoms with Crippen LogP contribution in [0, 0.1) is 11.3 Å². The normalized spacial score (nSPS) is 31.8. The molecule has 1 nitrogen and oxygen atoms in total. The van der Waals surface area contributed by atoms with Gasteiger partial charge in [0.05, 0.1) is 0 Å². The summed E-state index contributed by atoms with van der Waals surface area (Å²) >= 11 is 0. The van der Waals surface area contributed by atoms with E-state index in [2.05, 4.69) is 33.1 Å². The van der Waals surface area contributed by atoms with Crippen molar-refractivity contribution in [2.75, 3.05) is 7.05 Å². The van der Waals surface area contributed by atoms with Crippen molar-refractivity contribution in [2.24, 2.45) is 11.3 Å². The molecule has 1 heteroatoms. The van der Waals surface area contributed by atoms with E-state index in [-0.39, 0.29) is 0 Å². The van der Waals surface area contributed by atoms with E-state index in [1.165, 1.54) is 12.8 Å². The summed E-state index contributed by atoms with van der Waals surface area (Å²) < 4.78 is 0. The van der Waals surface area contributed by atoms with E-state index in [9.17, 15) is 0 Å². The van der Waals surface area contributed by atoms with Gasteiger partial charge in [0.25, 0.3) is 0 Å². The lowest BCUT2D eigenvalue weighted by Crippen LogP contribution is -2.28. The summed E-state index contributed by atoms with van der Waals surface area (Å²) in [5.74, 6) is 0.933. The molecule has 1 fully saturated rings. The monoisotopic (exact) mass is 141 g/mol. The Hall–Kier alpha value is -0.0400. The van der Waals surface area contributed by atoms with Gasteiger partial charge in [0.15, 0.2) is 0 Å². The summed E-state index contributed by atoms with van der Waals surface area (Å²) in [6.45, 7) is 6.98. The topological polar surface area (TPSA) is 12.0 Å². The zero-order valence-corrected chi connectivity index (χ0v) is 7.57. The quantitative estimate of drug-likeness (QED) is 0.634. The van der Waals surface area contributed by atoms with Gasteiger partial charge >= 0.3 is 0 Å². The minimum atomic E-state index is 0.629. The van der Waals surface area contributed by atoms with Gasteiger partial charge in [-0.05, 0) is 31.2 Å². The number of rotatable bonds is 3. The second-order valence-corrected chi connectivity index (χ2v) is 4.10. The molecule has 0 radical (unpaired) electrons. The molecule has 0 aromatic heterocycles. The Morgan fingerprint density at radius 2 is 2.10 bits per heavy atom. The number of nitrogens with one attached hydrogen (secondary N) is 1. The summed E-state index contributed by atoms with van der Waals surface area (Å²) in [6.07, 6.45) is 2.68. The third-order valence-electron chi connectivity index (χ3n) is 2.89. The maximum absolute atomic E-state index is 3.37. The molecule has 1 aliphatic carbocycles. The Balaban J connectivity index is 2.36. The summed E-state index contributed by atoms with van der Waals surface area (Å²) in [5, 5.41) is 3.37. The molecule has 0 spiro atoms. The van der Waals surface area contributed by atoms with Crippen LogP contribution in [0.15, 0.2) is 0 Å². The van der Waals surface area contributed by atoms with Crippen molar-refractivity contribution in [3.8, 4) is 0 Å². The van der Waals surface area contributed by atoms with Crippen molar-refractivity contribution in [1.82, 2.24) is 5.32 Å². The fourth-order valence-electron chi connectivity index (χ4n) is 1.88. The van der Waals surface area contributed by atoms with E-state index < -0.39 is 0 Å². The van der Waals surface area contributed by atoms with Crippen LogP contribution in [0.4, 0.5) is 0 Å². The van der Waals surface area contributed by atoms with Gasteiger partial charge in [-0.1, -0.05) is 20.8 Å². The van der Waals surface area contributed by atoms with E-state index in [1.807, 2.05) is 0 Å². The van der Waals surface area contributed by atoms with Crippen LogP contribution in [0.5, 0.6) is 0 Å². The molecule has 2 unspecified atom stereocenters. The largest absolute Gasteiger partial charge is 0.317 e.